The lowest BCUT2D eigenvalue weighted by atomic mass is 10.2. The number of aromatic nitrogens is 6. The summed E-state index contributed by atoms with van der Waals surface area (Å²) in [6.07, 6.45) is 2.89. The largest absolute Gasteiger partial charge is 0.472 e. The number of benzene rings is 2. The number of aliphatic hydroxyl groups excluding tert-OH is 1. The van der Waals surface area contributed by atoms with Gasteiger partial charge in [0.15, 0.2) is 5.69 Å². The minimum atomic E-state index is 0.140. The second-order valence-electron chi connectivity index (χ2n) is 8.96. The quantitative estimate of drug-likeness (QED) is 0.359. The molecule has 0 spiro atoms. The summed E-state index contributed by atoms with van der Waals surface area (Å²) in [5.41, 5.74) is 2.35. The van der Waals surface area contributed by atoms with Crippen LogP contribution in [0.2, 0.25) is 0 Å². The first-order chi connectivity index (χ1) is 20.7. The van der Waals surface area contributed by atoms with Gasteiger partial charge in [-0.25, -0.2) is 0 Å². The fourth-order valence-electron chi connectivity index (χ4n) is 3.81. The molecule has 0 bridgehead atoms. The molecule has 2 aromatic heterocycles. The van der Waals surface area contributed by atoms with Crippen molar-refractivity contribution in [1.29, 1.82) is 5.26 Å². The summed E-state index contributed by atoms with van der Waals surface area (Å²) in [5.74, 6) is 1.59. The number of ether oxygens (including phenoxy) is 3. The Balaban J connectivity index is 0.000000159. The van der Waals surface area contributed by atoms with Gasteiger partial charge in [0.1, 0.15) is 18.9 Å². The molecule has 2 aliphatic heterocycles. The normalized spacial score (nSPS) is 14.4. The molecule has 218 valence electrons. The Labute approximate surface area is 244 Å². The van der Waals surface area contributed by atoms with Crippen LogP contribution >= 0.6 is 0 Å². The Morgan fingerprint density at radius 3 is 1.79 bits per heavy atom. The topological polar surface area (TPSA) is 156 Å². The highest BCUT2D eigenvalue weighted by Gasteiger charge is 2.15. The minimum absolute atomic E-state index is 0.140. The molecule has 2 fully saturated rings. The Kier molecular flexibility index (Phi) is 12.3. The standard InChI is InChI=1S/C14H16N4O2.C8H9N5O.C7H8O/c1-2-4-12(5-3-1)11-20-13-10-15-17-14(16-13)18-6-8-19-9-7-18;9-5-7-6-10-12-8(11-7)13-1-3-14-4-2-13;8-6-7-4-2-1-3-5-7/h1-5,10H,6-9,11H2;6H,1-4H2;1-5,8H,6H2. The van der Waals surface area contributed by atoms with Crippen molar-refractivity contribution in [2.45, 2.75) is 13.2 Å². The van der Waals surface area contributed by atoms with Gasteiger partial charge in [0, 0.05) is 26.2 Å². The highest BCUT2D eigenvalue weighted by Crippen LogP contribution is 2.14. The summed E-state index contributed by atoms with van der Waals surface area (Å²) in [4.78, 5) is 12.4. The summed E-state index contributed by atoms with van der Waals surface area (Å²) in [6, 6.07) is 21.4. The summed E-state index contributed by atoms with van der Waals surface area (Å²) in [6.45, 7) is 6.39. The van der Waals surface area contributed by atoms with Crippen LogP contribution in [0, 0.1) is 11.3 Å². The molecule has 4 aromatic rings. The van der Waals surface area contributed by atoms with Gasteiger partial charge >= 0.3 is 0 Å². The molecule has 0 amide bonds. The third-order valence-corrected chi connectivity index (χ3v) is 6.03. The van der Waals surface area contributed by atoms with Crippen molar-refractivity contribution in [1.82, 2.24) is 30.4 Å². The molecular formula is C29H33N9O4. The number of hydrogen-bond donors (Lipinski definition) is 1. The second-order valence-corrected chi connectivity index (χ2v) is 8.96. The monoisotopic (exact) mass is 571 g/mol. The average Bonchev–Trinajstić information content (AvgIpc) is 3.10. The van der Waals surface area contributed by atoms with Gasteiger partial charge in [-0.3, -0.25) is 0 Å². The molecule has 42 heavy (non-hydrogen) atoms. The molecule has 0 unspecified atom stereocenters. The van der Waals surface area contributed by atoms with E-state index in [9.17, 15) is 0 Å². The van der Waals surface area contributed by atoms with Crippen LogP contribution in [0.1, 0.15) is 16.8 Å². The van der Waals surface area contributed by atoms with Crippen molar-refractivity contribution in [3.8, 4) is 11.9 Å². The van der Waals surface area contributed by atoms with Crippen molar-refractivity contribution in [3.05, 3.63) is 89.9 Å². The zero-order valence-corrected chi connectivity index (χ0v) is 23.2. The molecule has 13 nitrogen and oxygen atoms in total. The van der Waals surface area contributed by atoms with Crippen LogP contribution in [0.25, 0.3) is 0 Å². The van der Waals surface area contributed by atoms with Crippen LogP contribution in [-0.2, 0) is 22.7 Å². The smallest absolute Gasteiger partial charge is 0.248 e. The van der Waals surface area contributed by atoms with E-state index < -0.39 is 0 Å². The van der Waals surface area contributed by atoms with Gasteiger partial charge in [-0.2, -0.15) is 20.3 Å². The molecule has 0 saturated carbocycles. The first-order valence-electron chi connectivity index (χ1n) is 13.5. The van der Waals surface area contributed by atoms with Crippen LogP contribution in [0.4, 0.5) is 11.9 Å². The van der Waals surface area contributed by atoms with E-state index in [1.165, 1.54) is 12.4 Å². The van der Waals surface area contributed by atoms with Crippen molar-refractivity contribution in [2.75, 3.05) is 62.4 Å². The molecule has 4 heterocycles. The Morgan fingerprint density at radius 1 is 0.738 bits per heavy atom. The highest BCUT2D eigenvalue weighted by molar-refractivity contribution is 5.32. The number of rotatable bonds is 6. The van der Waals surface area contributed by atoms with Crippen molar-refractivity contribution in [3.63, 3.8) is 0 Å². The maximum Gasteiger partial charge on any atom is 0.248 e. The predicted molar refractivity (Wildman–Crippen MR) is 154 cm³/mol. The van der Waals surface area contributed by atoms with E-state index in [4.69, 9.17) is 24.6 Å². The first kappa shape index (κ1) is 30.2. The van der Waals surface area contributed by atoms with Gasteiger partial charge in [-0.1, -0.05) is 60.7 Å². The number of hydrogen-bond acceptors (Lipinski definition) is 13. The summed E-state index contributed by atoms with van der Waals surface area (Å²) in [7, 11) is 0. The van der Waals surface area contributed by atoms with E-state index in [0.29, 0.717) is 56.5 Å². The minimum Gasteiger partial charge on any atom is -0.472 e. The van der Waals surface area contributed by atoms with Crippen molar-refractivity contribution in [2.24, 2.45) is 0 Å². The highest BCUT2D eigenvalue weighted by atomic mass is 16.5. The molecule has 13 heteroatoms. The third kappa shape index (κ3) is 10.0. The molecule has 1 N–H and O–H groups in total. The van der Waals surface area contributed by atoms with E-state index in [0.717, 1.165) is 37.3 Å². The average molecular weight is 572 g/mol. The van der Waals surface area contributed by atoms with Crippen LogP contribution in [0.3, 0.4) is 0 Å². The third-order valence-electron chi connectivity index (χ3n) is 6.03. The maximum absolute atomic E-state index is 8.64. The number of morpholine rings is 2. The summed E-state index contributed by atoms with van der Waals surface area (Å²) in [5, 5.41) is 32.8. The van der Waals surface area contributed by atoms with E-state index in [1.54, 1.807) is 0 Å². The summed E-state index contributed by atoms with van der Waals surface area (Å²) < 4.78 is 16.2. The molecule has 2 saturated heterocycles. The zero-order valence-electron chi connectivity index (χ0n) is 23.2. The summed E-state index contributed by atoms with van der Waals surface area (Å²) >= 11 is 0. The lowest BCUT2D eigenvalue weighted by Crippen LogP contribution is -2.37. The lowest BCUT2D eigenvalue weighted by Gasteiger charge is -2.26. The molecule has 0 atom stereocenters. The second kappa shape index (κ2) is 17.1. The molecule has 0 aliphatic carbocycles. The Hall–Kier alpha value is -4.77. The van der Waals surface area contributed by atoms with E-state index in [-0.39, 0.29) is 6.61 Å². The number of nitriles is 1. The van der Waals surface area contributed by atoms with Crippen LogP contribution in [-0.4, -0.2) is 88.1 Å². The predicted octanol–water partition coefficient (Wildman–Crippen LogP) is 2.05. The maximum atomic E-state index is 8.64. The van der Waals surface area contributed by atoms with Crippen molar-refractivity contribution < 1.29 is 19.3 Å². The molecule has 2 aromatic carbocycles. The number of aliphatic hydroxyl groups is 1. The van der Waals surface area contributed by atoms with Crippen LogP contribution in [0.15, 0.2) is 73.1 Å². The van der Waals surface area contributed by atoms with Gasteiger partial charge in [0.2, 0.25) is 17.8 Å². The van der Waals surface area contributed by atoms with Crippen LogP contribution in [0.5, 0.6) is 5.88 Å². The van der Waals surface area contributed by atoms with Gasteiger partial charge < -0.3 is 29.1 Å². The van der Waals surface area contributed by atoms with E-state index in [1.807, 2.05) is 76.5 Å². The molecule has 0 radical (unpaired) electrons. The lowest BCUT2D eigenvalue weighted by molar-refractivity contribution is 0.121. The van der Waals surface area contributed by atoms with Gasteiger partial charge in [0.05, 0.1) is 39.2 Å². The molecule has 6 rings (SSSR count). The van der Waals surface area contributed by atoms with E-state index >= 15 is 0 Å². The Morgan fingerprint density at radius 2 is 1.26 bits per heavy atom. The van der Waals surface area contributed by atoms with Crippen molar-refractivity contribution >= 4 is 11.9 Å². The first-order valence-corrected chi connectivity index (χ1v) is 13.5. The number of anilines is 2. The van der Waals surface area contributed by atoms with Crippen LogP contribution < -0.4 is 14.5 Å². The SMILES string of the molecule is N#Cc1cnnc(N2CCOCC2)n1.OCc1ccccc1.c1ccc(COc2cnnc(N3CCOCC3)n2)cc1. The Bertz CT molecular complexity index is 1360. The molecular weight excluding hydrogens is 538 g/mol. The van der Waals surface area contributed by atoms with Gasteiger partial charge in [0.25, 0.3) is 0 Å². The zero-order chi connectivity index (χ0) is 29.2. The fraction of sp³-hybridized carbons (Fsp3) is 0.345. The van der Waals surface area contributed by atoms with E-state index in [2.05, 4.69) is 30.4 Å². The van der Waals surface area contributed by atoms with Gasteiger partial charge in [-0.05, 0) is 11.1 Å². The van der Waals surface area contributed by atoms with Gasteiger partial charge in [-0.15, -0.1) is 15.3 Å². The fourth-order valence-corrected chi connectivity index (χ4v) is 3.81. The number of nitrogens with zero attached hydrogens (tertiary/aromatic N) is 9. The molecule has 2 aliphatic rings.